The number of carbonyl (C=O) groups is 1. The van der Waals surface area contributed by atoms with Crippen molar-refractivity contribution in [3.05, 3.63) is 52.5 Å². The molecule has 0 aliphatic rings. The van der Waals surface area contributed by atoms with E-state index in [1.165, 1.54) is 6.07 Å². The molecule has 0 spiro atoms. The highest BCUT2D eigenvalue weighted by atomic mass is 35.5. The van der Waals surface area contributed by atoms with Crippen molar-refractivity contribution in [2.45, 2.75) is 45.7 Å². The second kappa shape index (κ2) is 11.1. The Kier molecular flexibility index (Phi) is 8.84. The van der Waals surface area contributed by atoms with E-state index >= 15 is 0 Å². The van der Waals surface area contributed by atoms with Crippen LogP contribution in [0.4, 0.5) is 18.9 Å². The molecule has 164 valence electrons. The quantitative estimate of drug-likeness (QED) is 0.426. The molecule has 0 aromatic heterocycles. The van der Waals surface area contributed by atoms with Crippen LogP contribution < -0.4 is 14.8 Å². The topological polar surface area (TPSA) is 47.6 Å². The first-order valence-corrected chi connectivity index (χ1v) is 10.2. The van der Waals surface area contributed by atoms with Gasteiger partial charge in [0.2, 0.25) is 5.91 Å². The van der Waals surface area contributed by atoms with Gasteiger partial charge in [0, 0.05) is 12.1 Å². The zero-order valence-electron chi connectivity index (χ0n) is 16.9. The molecule has 8 heteroatoms. The maximum Gasteiger partial charge on any atom is 0.417 e. The van der Waals surface area contributed by atoms with E-state index in [0.717, 1.165) is 30.5 Å². The molecular weight excluding hydrogens is 419 g/mol. The van der Waals surface area contributed by atoms with Crippen molar-refractivity contribution in [2.24, 2.45) is 0 Å². The second-order valence-corrected chi connectivity index (χ2v) is 7.06. The normalized spacial score (nSPS) is 11.3. The lowest BCUT2D eigenvalue weighted by Gasteiger charge is -2.14. The van der Waals surface area contributed by atoms with Gasteiger partial charge in [-0.15, -0.1) is 0 Å². The molecule has 0 unspecified atom stereocenters. The van der Waals surface area contributed by atoms with Gasteiger partial charge in [-0.25, -0.2) is 0 Å². The van der Waals surface area contributed by atoms with Crippen LogP contribution in [0.25, 0.3) is 0 Å². The average Bonchev–Trinajstić information content (AvgIpc) is 2.69. The molecular formula is C22H25ClF3NO3. The van der Waals surface area contributed by atoms with Crippen LogP contribution in [0.15, 0.2) is 36.4 Å². The molecule has 0 saturated carbocycles. The lowest BCUT2D eigenvalue weighted by Crippen LogP contribution is -2.14. The molecule has 0 heterocycles. The summed E-state index contributed by atoms with van der Waals surface area (Å²) < 4.78 is 50.2. The summed E-state index contributed by atoms with van der Waals surface area (Å²) in [6, 6.07) is 8.76. The number of rotatable bonds is 10. The molecule has 0 aliphatic heterocycles. The van der Waals surface area contributed by atoms with E-state index in [-0.39, 0.29) is 12.1 Å². The Labute approximate surface area is 179 Å². The number of amides is 1. The molecule has 0 fully saturated rings. The predicted octanol–water partition coefficient (Wildman–Crippen LogP) is 6.51. The van der Waals surface area contributed by atoms with E-state index < -0.39 is 22.7 Å². The average molecular weight is 444 g/mol. The zero-order valence-corrected chi connectivity index (χ0v) is 17.7. The van der Waals surface area contributed by atoms with Gasteiger partial charge in [0.25, 0.3) is 0 Å². The van der Waals surface area contributed by atoms with E-state index in [2.05, 4.69) is 12.2 Å². The molecule has 0 saturated heterocycles. The van der Waals surface area contributed by atoms with Gasteiger partial charge in [0.1, 0.15) is 0 Å². The van der Waals surface area contributed by atoms with Gasteiger partial charge in [-0.05, 0) is 55.7 Å². The summed E-state index contributed by atoms with van der Waals surface area (Å²) >= 11 is 5.60. The number of unbranched alkanes of at least 4 members (excludes halogenated alkanes) is 1. The van der Waals surface area contributed by atoms with Crippen LogP contribution in [-0.4, -0.2) is 19.1 Å². The summed E-state index contributed by atoms with van der Waals surface area (Å²) in [4.78, 5) is 12.2. The Bertz CT molecular complexity index is 856. The Balaban J connectivity index is 1.99. The third-order valence-corrected chi connectivity index (χ3v) is 4.59. The van der Waals surface area contributed by atoms with E-state index in [0.29, 0.717) is 31.1 Å². The number of ether oxygens (including phenoxy) is 2. The molecule has 0 atom stereocenters. The van der Waals surface area contributed by atoms with Crippen molar-refractivity contribution in [1.82, 2.24) is 0 Å². The first-order chi connectivity index (χ1) is 14.2. The monoisotopic (exact) mass is 443 g/mol. The van der Waals surface area contributed by atoms with Gasteiger partial charge < -0.3 is 14.8 Å². The summed E-state index contributed by atoms with van der Waals surface area (Å²) in [5, 5.41) is 2.07. The molecule has 2 aromatic rings. The molecule has 0 aliphatic carbocycles. The van der Waals surface area contributed by atoms with Crippen molar-refractivity contribution < 1.29 is 27.4 Å². The Morgan fingerprint density at radius 2 is 1.83 bits per heavy atom. The van der Waals surface area contributed by atoms with E-state index in [1.807, 2.05) is 25.1 Å². The van der Waals surface area contributed by atoms with Crippen LogP contribution in [0.1, 0.15) is 44.2 Å². The number of anilines is 1. The van der Waals surface area contributed by atoms with Crippen molar-refractivity contribution in [2.75, 3.05) is 18.5 Å². The van der Waals surface area contributed by atoms with Gasteiger partial charge >= 0.3 is 6.18 Å². The molecule has 1 N–H and O–H groups in total. The third-order valence-electron chi connectivity index (χ3n) is 4.26. The van der Waals surface area contributed by atoms with Crippen molar-refractivity contribution >= 4 is 23.2 Å². The number of alkyl halides is 3. The molecule has 2 rings (SSSR count). The molecule has 2 aromatic carbocycles. The summed E-state index contributed by atoms with van der Waals surface area (Å²) in [6.07, 6.45) is -2.12. The third kappa shape index (κ3) is 7.13. The number of hydrogen-bond acceptors (Lipinski definition) is 3. The van der Waals surface area contributed by atoms with Crippen LogP contribution in [0, 0.1) is 0 Å². The van der Waals surface area contributed by atoms with Crippen molar-refractivity contribution in [3.8, 4) is 11.5 Å². The maximum absolute atomic E-state index is 12.9. The highest BCUT2D eigenvalue weighted by Crippen LogP contribution is 2.36. The first kappa shape index (κ1) is 23.9. The van der Waals surface area contributed by atoms with Crippen LogP contribution in [0.2, 0.25) is 5.02 Å². The van der Waals surface area contributed by atoms with Crippen LogP contribution in [0.3, 0.4) is 0 Å². The predicted molar refractivity (Wildman–Crippen MR) is 111 cm³/mol. The Morgan fingerprint density at radius 3 is 2.50 bits per heavy atom. The fraction of sp³-hybridized carbons (Fsp3) is 0.409. The van der Waals surface area contributed by atoms with E-state index in [9.17, 15) is 18.0 Å². The second-order valence-electron chi connectivity index (χ2n) is 6.66. The summed E-state index contributed by atoms with van der Waals surface area (Å²) in [6.45, 7) is 5.03. The van der Waals surface area contributed by atoms with Gasteiger partial charge in [0.05, 0.1) is 23.8 Å². The van der Waals surface area contributed by atoms with Crippen LogP contribution in [0.5, 0.6) is 11.5 Å². The zero-order chi connectivity index (χ0) is 22.1. The number of halogens is 4. The molecule has 1 amide bonds. The minimum atomic E-state index is -4.59. The fourth-order valence-electron chi connectivity index (χ4n) is 2.72. The lowest BCUT2D eigenvalue weighted by molar-refractivity contribution is -0.137. The minimum absolute atomic E-state index is 0.0476. The van der Waals surface area contributed by atoms with Gasteiger partial charge in [-0.1, -0.05) is 31.0 Å². The lowest BCUT2D eigenvalue weighted by atomic mass is 10.1. The van der Waals surface area contributed by atoms with Gasteiger partial charge in [-0.3, -0.25) is 4.79 Å². The highest BCUT2D eigenvalue weighted by Gasteiger charge is 2.33. The van der Waals surface area contributed by atoms with Crippen LogP contribution >= 0.6 is 11.6 Å². The fourth-order valence-corrected chi connectivity index (χ4v) is 2.95. The number of nitrogens with one attached hydrogen (secondary N) is 1. The van der Waals surface area contributed by atoms with Crippen LogP contribution in [-0.2, 0) is 17.4 Å². The molecule has 4 nitrogen and oxygen atoms in total. The van der Waals surface area contributed by atoms with Crippen molar-refractivity contribution in [1.29, 1.82) is 0 Å². The molecule has 0 radical (unpaired) electrons. The van der Waals surface area contributed by atoms with E-state index in [4.69, 9.17) is 21.1 Å². The number of hydrogen-bond donors (Lipinski definition) is 1. The van der Waals surface area contributed by atoms with Crippen molar-refractivity contribution in [3.63, 3.8) is 0 Å². The summed E-state index contributed by atoms with van der Waals surface area (Å²) in [5.41, 5.74) is -0.0723. The standard InChI is InChI=1S/C22H25ClF3NO3/c1-3-5-12-30-19-10-6-15(13-20(19)29-4-2)7-11-21(28)27-16-8-9-18(23)17(14-16)22(24,25)26/h6,8-10,13-14H,3-5,7,11-12H2,1-2H3,(H,27,28). The maximum atomic E-state index is 12.9. The SMILES string of the molecule is CCCCOc1ccc(CCC(=O)Nc2ccc(Cl)c(C(F)(F)F)c2)cc1OCC. The van der Waals surface area contributed by atoms with Gasteiger partial charge in [0.15, 0.2) is 11.5 Å². The Hall–Kier alpha value is -2.41. The summed E-state index contributed by atoms with van der Waals surface area (Å²) in [7, 11) is 0. The van der Waals surface area contributed by atoms with E-state index in [1.54, 1.807) is 0 Å². The smallest absolute Gasteiger partial charge is 0.417 e. The number of carbonyl (C=O) groups excluding carboxylic acids is 1. The highest BCUT2D eigenvalue weighted by molar-refractivity contribution is 6.31. The number of benzene rings is 2. The number of aryl methyl sites for hydroxylation is 1. The first-order valence-electron chi connectivity index (χ1n) is 9.79. The summed E-state index contributed by atoms with van der Waals surface area (Å²) in [5.74, 6) is 0.866. The molecule has 0 bridgehead atoms. The molecule has 30 heavy (non-hydrogen) atoms. The minimum Gasteiger partial charge on any atom is -0.490 e. The Morgan fingerprint density at radius 1 is 1.07 bits per heavy atom. The largest absolute Gasteiger partial charge is 0.490 e. The van der Waals surface area contributed by atoms with Gasteiger partial charge in [-0.2, -0.15) is 13.2 Å².